The molecule has 1 heterocycles. The maximum absolute atomic E-state index is 12.9. The van der Waals surface area contributed by atoms with E-state index in [-0.39, 0.29) is 17.5 Å². The van der Waals surface area contributed by atoms with E-state index in [1.54, 1.807) is 30.3 Å². The van der Waals surface area contributed by atoms with Crippen molar-refractivity contribution < 1.29 is 22.7 Å². The molecule has 1 aliphatic heterocycles. The van der Waals surface area contributed by atoms with Crippen LogP contribution in [0.4, 0.5) is 18.0 Å². The van der Waals surface area contributed by atoms with Gasteiger partial charge in [0, 0.05) is 12.6 Å². The smallest absolute Gasteiger partial charge is 0.444 e. The maximum Gasteiger partial charge on any atom is 0.489 e. The highest BCUT2D eigenvalue weighted by atomic mass is 19.4. The normalized spacial score (nSPS) is 18.5. The van der Waals surface area contributed by atoms with Gasteiger partial charge in [-0.3, -0.25) is 0 Å². The fraction of sp³-hybridized carbons (Fsp3) is 0.500. The van der Waals surface area contributed by atoms with Crippen LogP contribution in [0.15, 0.2) is 30.3 Å². The molecule has 1 N–H and O–H groups in total. The van der Waals surface area contributed by atoms with Gasteiger partial charge in [-0.25, -0.2) is 9.69 Å². The molecule has 0 aromatic heterocycles. The molecule has 21 heavy (non-hydrogen) atoms. The fourth-order valence-corrected chi connectivity index (χ4v) is 2.21. The van der Waals surface area contributed by atoms with Crippen molar-refractivity contribution in [2.75, 3.05) is 13.1 Å². The average Bonchev–Trinajstić information content (AvgIpc) is 2.95. The fourth-order valence-electron chi connectivity index (χ4n) is 2.21. The summed E-state index contributed by atoms with van der Waals surface area (Å²) in [4.78, 5) is 11.5. The standard InChI is InChI=1S/C14H17F3N2O2/c15-14(16,17)19(9-12-7-4-8-18-12)13(20)21-10-11-5-2-1-3-6-11/h1-3,5-6,12,18H,4,7-10H2/t12-/m0/s1. The van der Waals surface area contributed by atoms with Crippen LogP contribution in [-0.4, -0.2) is 36.4 Å². The van der Waals surface area contributed by atoms with E-state index in [9.17, 15) is 18.0 Å². The molecule has 0 aliphatic carbocycles. The monoisotopic (exact) mass is 302 g/mol. The lowest BCUT2D eigenvalue weighted by Gasteiger charge is -2.26. The van der Waals surface area contributed by atoms with E-state index in [2.05, 4.69) is 5.32 Å². The average molecular weight is 302 g/mol. The Kier molecular flexibility index (Phi) is 5.06. The Morgan fingerprint density at radius 3 is 2.62 bits per heavy atom. The quantitative estimate of drug-likeness (QED) is 0.870. The molecule has 0 unspecified atom stereocenters. The Morgan fingerprint density at radius 2 is 2.05 bits per heavy atom. The van der Waals surface area contributed by atoms with Gasteiger partial charge >= 0.3 is 12.4 Å². The molecule has 1 aromatic carbocycles. The number of benzene rings is 1. The summed E-state index contributed by atoms with van der Waals surface area (Å²) >= 11 is 0. The van der Waals surface area contributed by atoms with Crippen molar-refractivity contribution in [2.45, 2.75) is 31.8 Å². The zero-order valence-corrected chi connectivity index (χ0v) is 11.4. The number of hydrogen-bond donors (Lipinski definition) is 1. The number of rotatable bonds is 4. The Labute approximate surface area is 120 Å². The number of carbonyl (C=O) groups excluding carboxylic acids is 1. The van der Waals surface area contributed by atoms with Crippen molar-refractivity contribution in [1.82, 2.24) is 10.2 Å². The Bertz CT molecular complexity index is 459. The maximum atomic E-state index is 12.9. The van der Waals surface area contributed by atoms with Crippen molar-refractivity contribution in [2.24, 2.45) is 0 Å². The third-order valence-electron chi connectivity index (χ3n) is 3.30. The SMILES string of the molecule is O=C(OCc1ccccc1)N(C[C@@H]1CCCN1)C(F)(F)F. The number of alkyl halides is 3. The van der Waals surface area contributed by atoms with Gasteiger partial charge in [-0.05, 0) is 24.9 Å². The Morgan fingerprint density at radius 1 is 1.33 bits per heavy atom. The van der Waals surface area contributed by atoms with E-state index >= 15 is 0 Å². The highest BCUT2D eigenvalue weighted by Gasteiger charge is 2.43. The minimum absolute atomic E-state index is 0.168. The highest BCUT2D eigenvalue weighted by Crippen LogP contribution is 2.24. The highest BCUT2D eigenvalue weighted by molar-refractivity contribution is 5.68. The molecule has 1 saturated heterocycles. The van der Waals surface area contributed by atoms with E-state index < -0.39 is 18.9 Å². The van der Waals surface area contributed by atoms with Crippen LogP contribution in [0.2, 0.25) is 0 Å². The summed E-state index contributed by atoms with van der Waals surface area (Å²) < 4.78 is 43.6. The molecule has 1 aromatic rings. The van der Waals surface area contributed by atoms with Gasteiger partial charge in [-0.1, -0.05) is 30.3 Å². The second-order valence-corrected chi connectivity index (χ2v) is 4.91. The molecule has 0 saturated carbocycles. The van der Waals surface area contributed by atoms with E-state index in [4.69, 9.17) is 4.74 Å². The summed E-state index contributed by atoms with van der Waals surface area (Å²) in [6, 6.07) is 8.27. The van der Waals surface area contributed by atoms with Gasteiger partial charge in [0.2, 0.25) is 0 Å². The van der Waals surface area contributed by atoms with Gasteiger partial charge in [-0.2, -0.15) is 0 Å². The van der Waals surface area contributed by atoms with Gasteiger partial charge in [0.05, 0.1) is 0 Å². The summed E-state index contributed by atoms with van der Waals surface area (Å²) in [6.07, 6.45) is -4.66. The molecule has 7 heteroatoms. The van der Waals surface area contributed by atoms with Gasteiger partial charge in [0.15, 0.2) is 0 Å². The zero-order chi connectivity index (χ0) is 15.3. The number of ether oxygens (including phenoxy) is 1. The van der Waals surface area contributed by atoms with Crippen LogP contribution in [0, 0.1) is 0 Å². The first kappa shape index (κ1) is 15.6. The van der Waals surface area contributed by atoms with Gasteiger partial charge in [0.25, 0.3) is 0 Å². The number of carbonyl (C=O) groups is 1. The zero-order valence-electron chi connectivity index (χ0n) is 11.4. The number of nitrogens with zero attached hydrogens (tertiary/aromatic N) is 1. The Hall–Kier alpha value is -1.76. The summed E-state index contributed by atoms with van der Waals surface area (Å²) in [5.74, 6) is 0. The van der Waals surface area contributed by atoms with E-state index in [0.717, 1.165) is 6.42 Å². The van der Waals surface area contributed by atoms with Crippen molar-refractivity contribution in [3.05, 3.63) is 35.9 Å². The summed E-state index contributed by atoms with van der Waals surface area (Å²) in [5.41, 5.74) is 0.645. The van der Waals surface area contributed by atoms with Crippen molar-refractivity contribution in [1.29, 1.82) is 0 Å². The van der Waals surface area contributed by atoms with Gasteiger partial charge in [-0.15, -0.1) is 13.2 Å². The molecule has 0 radical (unpaired) electrons. The molecule has 1 fully saturated rings. The first-order chi connectivity index (χ1) is 9.97. The van der Waals surface area contributed by atoms with Gasteiger partial charge in [0.1, 0.15) is 6.61 Å². The third kappa shape index (κ3) is 4.63. The molecule has 2 rings (SSSR count). The Balaban J connectivity index is 1.94. The van der Waals surface area contributed by atoms with Crippen LogP contribution in [0.5, 0.6) is 0 Å². The number of hydrogen-bond acceptors (Lipinski definition) is 3. The first-order valence-corrected chi connectivity index (χ1v) is 6.75. The lowest BCUT2D eigenvalue weighted by molar-refractivity contribution is -0.231. The minimum Gasteiger partial charge on any atom is -0.444 e. The molecular formula is C14H17F3N2O2. The lowest BCUT2D eigenvalue weighted by Crippen LogP contribution is -2.49. The predicted octanol–water partition coefficient (Wildman–Crippen LogP) is 2.90. The van der Waals surface area contributed by atoms with Crippen LogP contribution in [0.3, 0.4) is 0 Å². The topological polar surface area (TPSA) is 41.6 Å². The largest absolute Gasteiger partial charge is 0.489 e. The molecule has 0 bridgehead atoms. The first-order valence-electron chi connectivity index (χ1n) is 6.75. The third-order valence-corrected chi connectivity index (χ3v) is 3.30. The molecule has 1 aliphatic rings. The molecule has 1 atom stereocenters. The summed E-state index contributed by atoms with van der Waals surface area (Å²) in [7, 11) is 0. The summed E-state index contributed by atoms with van der Waals surface area (Å²) in [6.45, 7) is 0.0803. The van der Waals surface area contributed by atoms with Crippen LogP contribution >= 0.6 is 0 Å². The number of amides is 1. The minimum atomic E-state index is -4.74. The van der Waals surface area contributed by atoms with Gasteiger partial charge < -0.3 is 10.1 Å². The van der Waals surface area contributed by atoms with Crippen LogP contribution in [0.25, 0.3) is 0 Å². The van der Waals surface area contributed by atoms with E-state index in [1.807, 2.05) is 0 Å². The van der Waals surface area contributed by atoms with Crippen LogP contribution < -0.4 is 5.32 Å². The van der Waals surface area contributed by atoms with E-state index in [1.165, 1.54) is 0 Å². The van der Waals surface area contributed by atoms with Crippen LogP contribution in [0.1, 0.15) is 18.4 Å². The molecule has 4 nitrogen and oxygen atoms in total. The van der Waals surface area contributed by atoms with Crippen LogP contribution in [-0.2, 0) is 11.3 Å². The van der Waals surface area contributed by atoms with Crippen molar-refractivity contribution in [3.63, 3.8) is 0 Å². The number of halogens is 3. The lowest BCUT2D eigenvalue weighted by atomic mass is 10.2. The van der Waals surface area contributed by atoms with E-state index in [0.29, 0.717) is 18.5 Å². The molecular weight excluding hydrogens is 285 g/mol. The molecule has 0 spiro atoms. The number of nitrogens with one attached hydrogen (secondary N) is 1. The van der Waals surface area contributed by atoms with Crippen molar-refractivity contribution >= 4 is 6.09 Å². The second-order valence-electron chi connectivity index (χ2n) is 4.91. The predicted molar refractivity (Wildman–Crippen MR) is 70.4 cm³/mol. The van der Waals surface area contributed by atoms with Crippen molar-refractivity contribution in [3.8, 4) is 0 Å². The molecule has 1 amide bonds. The summed E-state index contributed by atoms with van der Waals surface area (Å²) in [5, 5.41) is 2.94. The second kappa shape index (κ2) is 6.80. The molecule has 116 valence electrons.